The van der Waals surface area contributed by atoms with Crippen LogP contribution in [0.5, 0.6) is 0 Å². The van der Waals surface area contributed by atoms with Gasteiger partial charge in [-0.05, 0) is 54.7 Å². The van der Waals surface area contributed by atoms with Gasteiger partial charge in [0.25, 0.3) is 0 Å². The summed E-state index contributed by atoms with van der Waals surface area (Å²) in [5, 5.41) is 80.6. The van der Waals surface area contributed by atoms with Gasteiger partial charge in [-0.15, -0.1) is 0 Å². The zero-order valence-corrected chi connectivity index (χ0v) is 42.2. The topological polar surface area (TPSA) is 187 Å². The average Bonchev–Trinajstić information content (AvgIpc) is 3.63. The van der Waals surface area contributed by atoms with E-state index in [1.54, 1.807) is 18.2 Å². The minimum Gasteiger partial charge on any atom is -0.493 e. The Morgan fingerprint density at radius 3 is 1.22 bits per heavy atom. The molecule has 8 N–H and O–H groups in total. The summed E-state index contributed by atoms with van der Waals surface area (Å²) < 4.78 is 1.16. The van der Waals surface area contributed by atoms with Gasteiger partial charge >= 0.3 is 0 Å². The lowest BCUT2D eigenvalue weighted by Crippen LogP contribution is -2.40. The normalized spacial score (nSPS) is 15.6. The van der Waals surface area contributed by atoms with Crippen molar-refractivity contribution in [1.29, 1.82) is 0 Å². The molecule has 0 spiro atoms. The van der Waals surface area contributed by atoms with Crippen LogP contribution in [0.2, 0.25) is 0 Å². The van der Waals surface area contributed by atoms with Gasteiger partial charge in [0.05, 0.1) is 25.4 Å². The highest BCUT2D eigenvalue weighted by atomic mass is 16.4. The number of rotatable bonds is 39. The maximum atomic E-state index is 12.2. The Morgan fingerprint density at radius 1 is 0.471 bits per heavy atom. The second-order valence-electron chi connectivity index (χ2n) is 19.6. The van der Waals surface area contributed by atoms with Crippen molar-refractivity contribution in [2.75, 3.05) is 13.2 Å². The molecule has 2 aromatic carbocycles. The predicted molar refractivity (Wildman–Crippen MR) is 276 cm³/mol. The highest BCUT2D eigenvalue weighted by Crippen LogP contribution is 2.43. The van der Waals surface area contributed by atoms with Crippen LogP contribution in [0, 0.1) is 11.8 Å². The summed E-state index contributed by atoms with van der Waals surface area (Å²) in [7, 11) is 0. The second-order valence-corrected chi connectivity index (χ2v) is 19.6. The lowest BCUT2D eigenvalue weighted by molar-refractivity contribution is -0.345. The van der Waals surface area contributed by atoms with Crippen molar-refractivity contribution >= 4 is 11.4 Å². The van der Waals surface area contributed by atoms with E-state index in [1.165, 1.54) is 141 Å². The second kappa shape index (κ2) is 35.8. The van der Waals surface area contributed by atoms with E-state index in [9.17, 15) is 46.4 Å². The van der Waals surface area contributed by atoms with E-state index < -0.39 is 49.8 Å². The lowest BCUT2D eigenvalue weighted by atomic mass is 9.93. The van der Waals surface area contributed by atoms with Crippen LogP contribution in [-0.4, -0.2) is 95.4 Å². The Kier molecular flexibility index (Phi) is 31.1. The molecule has 1 aliphatic heterocycles. The Labute approximate surface area is 411 Å². The number of unbranched alkanes of at least 4 members (excludes halogenated alkanes) is 25. The Balaban J connectivity index is 1.56. The smallest absolute Gasteiger partial charge is 0.223 e. The molecule has 0 aromatic heterocycles. The van der Waals surface area contributed by atoms with Gasteiger partial charge in [-0.1, -0.05) is 204 Å². The van der Waals surface area contributed by atoms with Crippen molar-refractivity contribution in [3.63, 3.8) is 0 Å². The molecular formula is C58H92N2O8. The van der Waals surface area contributed by atoms with Crippen LogP contribution in [-0.2, 0) is 12.8 Å². The van der Waals surface area contributed by atoms with Crippen LogP contribution >= 0.6 is 0 Å². The van der Waals surface area contributed by atoms with Crippen LogP contribution < -0.4 is 0 Å². The molecule has 0 bridgehead atoms. The van der Waals surface area contributed by atoms with Crippen molar-refractivity contribution < 1.29 is 45.5 Å². The molecule has 6 atom stereocenters. The fourth-order valence-electron chi connectivity index (χ4n) is 9.37. The molecule has 0 saturated heterocycles. The van der Waals surface area contributed by atoms with Crippen LogP contribution in [0.4, 0.5) is 0 Å². The molecule has 1 heterocycles. The third-order valence-electron chi connectivity index (χ3n) is 13.6. The zero-order valence-electron chi connectivity index (χ0n) is 42.2. The lowest BCUT2D eigenvalue weighted by Gasteiger charge is -2.21. The van der Waals surface area contributed by atoms with Crippen molar-refractivity contribution in [2.45, 2.75) is 243 Å². The van der Waals surface area contributed by atoms with Crippen LogP contribution in [0.1, 0.15) is 216 Å². The summed E-state index contributed by atoms with van der Waals surface area (Å²) in [5.74, 6) is 6.89. The number of hydrogen-bond acceptors (Lipinski definition) is 8. The SMILES string of the molecule is CCCCCCCCCCCCCCCCCCCCCCCCCCC#CC1=C(c2cccc(CC(O)C(O)C(O)CO)c2)[N+](=[N-])C(c2cccc(CC(O)C(O)C(O)CO)c2)=C1CCCC. The van der Waals surface area contributed by atoms with Gasteiger partial charge in [0.2, 0.25) is 11.4 Å². The Hall–Kier alpha value is -3.24. The largest absolute Gasteiger partial charge is 0.493 e. The first-order valence-corrected chi connectivity index (χ1v) is 27.0. The molecular weight excluding hydrogens is 853 g/mol. The van der Waals surface area contributed by atoms with E-state index in [2.05, 4.69) is 25.7 Å². The fraction of sp³-hybridized carbons (Fsp3) is 0.690. The molecule has 1 aliphatic rings. The first-order chi connectivity index (χ1) is 33.1. The van der Waals surface area contributed by atoms with Gasteiger partial charge in [-0.3, -0.25) is 0 Å². The van der Waals surface area contributed by atoms with Gasteiger partial charge < -0.3 is 46.4 Å². The van der Waals surface area contributed by atoms with Crippen molar-refractivity contribution in [2.24, 2.45) is 0 Å². The molecule has 3 rings (SSSR count). The molecule has 10 nitrogen and oxygen atoms in total. The summed E-state index contributed by atoms with van der Waals surface area (Å²) >= 11 is 0. The van der Waals surface area contributed by atoms with Crippen LogP contribution in [0.25, 0.3) is 16.9 Å². The number of aliphatic hydroxyl groups excluding tert-OH is 8. The number of hydrogen-bond donors (Lipinski definition) is 8. The van der Waals surface area contributed by atoms with E-state index in [1.807, 2.05) is 30.3 Å². The zero-order chi connectivity index (χ0) is 49.4. The third-order valence-corrected chi connectivity index (χ3v) is 13.6. The molecule has 0 saturated carbocycles. The summed E-state index contributed by atoms with van der Waals surface area (Å²) in [6, 6.07) is 14.6. The average molecular weight is 945 g/mol. The molecule has 0 aliphatic carbocycles. The van der Waals surface area contributed by atoms with Crippen molar-refractivity contribution in [3.8, 4) is 11.8 Å². The highest BCUT2D eigenvalue weighted by molar-refractivity contribution is 5.85. The van der Waals surface area contributed by atoms with Crippen molar-refractivity contribution in [1.82, 2.24) is 0 Å². The van der Waals surface area contributed by atoms with E-state index in [0.717, 1.165) is 36.0 Å². The van der Waals surface area contributed by atoms with E-state index >= 15 is 0 Å². The first kappa shape index (κ1) is 59.1. The minimum absolute atomic E-state index is 0.00278. The maximum Gasteiger partial charge on any atom is 0.223 e. The van der Waals surface area contributed by atoms with Gasteiger partial charge in [-0.2, -0.15) is 0 Å². The van der Waals surface area contributed by atoms with Crippen LogP contribution in [0.15, 0.2) is 59.7 Å². The highest BCUT2D eigenvalue weighted by Gasteiger charge is 2.36. The standard InChI is InChI=1S/C58H92N2O8/c1-3-5-7-8-9-10-11-12-13-14-15-16-17-18-19-20-21-22-23-24-25-26-27-28-29-30-38-50-49(37-6-4-2)55(47-35-31-33-45(39-47)41-51(63)57(67)53(65)43-61)60(59)56(50)48-36-32-34-46(40-48)42-52(64)58(68)54(66)44-62/h31-36,39-40,51-54,57-58,61-68H,3-29,37,41-44H2,1-2H3. The fourth-order valence-corrected chi connectivity index (χ4v) is 9.37. The first-order valence-electron chi connectivity index (χ1n) is 27.0. The van der Waals surface area contributed by atoms with Crippen molar-refractivity contribution in [3.05, 3.63) is 87.5 Å². The van der Waals surface area contributed by atoms with Gasteiger partial charge in [0.1, 0.15) is 30.0 Å². The predicted octanol–water partition coefficient (Wildman–Crippen LogP) is 11.1. The summed E-state index contributed by atoms with van der Waals surface area (Å²) in [5.41, 5.74) is 17.4. The number of aliphatic hydroxyl groups is 8. The van der Waals surface area contributed by atoms with Gasteiger partial charge in [-0.25, -0.2) is 4.70 Å². The number of benzene rings is 2. The molecule has 68 heavy (non-hydrogen) atoms. The van der Waals surface area contributed by atoms with Gasteiger partial charge in [0, 0.05) is 36.0 Å². The molecule has 0 amide bonds. The monoisotopic (exact) mass is 945 g/mol. The molecule has 0 fully saturated rings. The maximum absolute atomic E-state index is 12.2. The molecule has 382 valence electrons. The van der Waals surface area contributed by atoms with Gasteiger partial charge in [0.15, 0.2) is 0 Å². The van der Waals surface area contributed by atoms with Crippen LogP contribution in [0.3, 0.4) is 0 Å². The number of allylic oxidation sites excluding steroid dienone is 2. The molecule has 2 aromatic rings. The summed E-state index contributed by atoms with van der Waals surface area (Å²) in [6.45, 7) is 3.02. The van der Waals surface area contributed by atoms with E-state index in [-0.39, 0.29) is 12.8 Å². The quantitative estimate of drug-likeness (QED) is 0.0185. The Morgan fingerprint density at radius 2 is 0.838 bits per heavy atom. The van der Waals surface area contributed by atoms with E-state index in [0.29, 0.717) is 52.1 Å². The summed E-state index contributed by atoms with van der Waals surface area (Å²) in [6.07, 6.45) is 26.7. The number of nitrogens with zero attached hydrogens (tertiary/aromatic N) is 2. The molecule has 10 heteroatoms. The Bertz CT molecular complexity index is 1820. The molecule has 6 unspecified atom stereocenters. The summed E-state index contributed by atoms with van der Waals surface area (Å²) in [4.78, 5) is 0. The third kappa shape index (κ3) is 21.8. The molecule has 0 radical (unpaired) electrons. The minimum atomic E-state index is -1.55. The van der Waals surface area contributed by atoms with E-state index in [4.69, 9.17) is 0 Å².